The predicted octanol–water partition coefficient (Wildman–Crippen LogP) is 2.99. The van der Waals surface area contributed by atoms with E-state index in [2.05, 4.69) is 25.9 Å². The van der Waals surface area contributed by atoms with Crippen LogP contribution >= 0.6 is 0 Å². The molecular formula is C13H24N2O. The molecule has 16 heavy (non-hydrogen) atoms. The monoisotopic (exact) mass is 224 g/mol. The van der Waals surface area contributed by atoms with Gasteiger partial charge in [0.1, 0.15) is 0 Å². The highest BCUT2D eigenvalue weighted by atomic mass is 16.3. The van der Waals surface area contributed by atoms with Crippen LogP contribution in [0.25, 0.3) is 0 Å². The fraction of sp³-hybridized carbons (Fsp3) is 0.769. The Kier molecular flexibility index (Phi) is 4.54. The van der Waals surface area contributed by atoms with Gasteiger partial charge in [-0.15, -0.1) is 0 Å². The second-order valence-electron chi connectivity index (χ2n) is 4.70. The molecule has 1 rings (SSSR count). The number of aliphatic hydroxyl groups excluding tert-OH is 1. The summed E-state index contributed by atoms with van der Waals surface area (Å²) in [6, 6.07) is 0. The molecule has 0 aliphatic heterocycles. The summed E-state index contributed by atoms with van der Waals surface area (Å²) in [6.07, 6.45) is 1.53. The molecule has 0 aliphatic rings. The zero-order chi connectivity index (χ0) is 12.3. The number of aliphatic hydroxyl groups is 1. The van der Waals surface area contributed by atoms with Gasteiger partial charge in [0.05, 0.1) is 11.8 Å². The Morgan fingerprint density at radius 1 is 1.25 bits per heavy atom. The van der Waals surface area contributed by atoms with Gasteiger partial charge in [0, 0.05) is 17.8 Å². The van der Waals surface area contributed by atoms with E-state index < -0.39 is 0 Å². The Labute approximate surface area is 98.5 Å². The topological polar surface area (TPSA) is 38.0 Å². The highest BCUT2D eigenvalue weighted by molar-refractivity contribution is 5.26. The summed E-state index contributed by atoms with van der Waals surface area (Å²) in [5, 5.41) is 14.5. The first-order valence-corrected chi connectivity index (χ1v) is 6.23. The lowest BCUT2D eigenvalue weighted by atomic mass is 10.1. The van der Waals surface area contributed by atoms with E-state index in [1.54, 1.807) is 0 Å². The van der Waals surface area contributed by atoms with Crippen LogP contribution in [0.1, 0.15) is 56.7 Å². The number of aryl methyl sites for hydroxylation is 1. The van der Waals surface area contributed by atoms with Crippen LogP contribution in [0, 0.1) is 19.8 Å². The van der Waals surface area contributed by atoms with Crippen molar-refractivity contribution in [3.63, 3.8) is 0 Å². The molecule has 0 spiro atoms. The molecule has 1 aromatic rings. The summed E-state index contributed by atoms with van der Waals surface area (Å²) in [5.41, 5.74) is 3.10. The van der Waals surface area contributed by atoms with Crippen LogP contribution in [-0.2, 0) is 6.54 Å². The Balaban J connectivity index is 2.97. The molecule has 3 nitrogen and oxygen atoms in total. The molecule has 1 aromatic heterocycles. The molecule has 1 N–H and O–H groups in total. The normalized spacial score (nSPS) is 15.1. The minimum Gasteiger partial charge on any atom is -0.388 e. The van der Waals surface area contributed by atoms with Crippen LogP contribution < -0.4 is 0 Å². The molecule has 2 atom stereocenters. The second-order valence-corrected chi connectivity index (χ2v) is 4.70. The van der Waals surface area contributed by atoms with E-state index >= 15 is 0 Å². The van der Waals surface area contributed by atoms with Crippen molar-refractivity contribution in [3.8, 4) is 0 Å². The first kappa shape index (κ1) is 13.2. The maximum Gasteiger partial charge on any atom is 0.0823 e. The lowest BCUT2D eigenvalue weighted by Gasteiger charge is -2.12. The summed E-state index contributed by atoms with van der Waals surface area (Å²) < 4.78 is 2.04. The summed E-state index contributed by atoms with van der Waals surface area (Å²) >= 11 is 0. The standard InChI is InChI=1S/C13H24N2O/c1-6-9(3)8-15-11(5)13(10(4)14-15)12(16)7-2/h9,12,16H,6-8H2,1-5H3. The first-order chi connectivity index (χ1) is 7.51. The second kappa shape index (κ2) is 5.48. The van der Waals surface area contributed by atoms with E-state index in [0.29, 0.717) is 5.92 Å². The van der Waals surface area contributed by atoms with Crippen molar-refractivity contribution in [3.05, 3.63) is 17.0 Å². The van der Waals surface area contributed by atoms with Gasteiger partial charge in [0.2, 0.25) is 0 Å². The van der Waals surface area contributed by atoms with Gasteiger partial charge in [-0.1, -0.05) is 27.2 Å². The van der Waals surface area contributed by atoms with Crippen LogP contribution in [0.3, 0.4) is 0 Å². The molecule has 3 heteroatoms. The van der Waals surface area contributed by atoms with Crippen molar-refractivity contribution in [2.75, 3.05) is 0 Å². The maximum absolute atomic E-state index is 9.94. The van der Waals surface area contributed by atoms with Gasteiger partial charge in [-0.05, 0) is 26.2 Å². The van der Waals surface area contributed by atoms with Gasteiger partial charge in [0.15, 0.2) is 0 Å². The van der Waals surface area contributed by atoms with E-state index in [9.17, 15) is 5.11 Å². The van der Waals surface area contributed by atoms with Crippen molar-refractivity contribution in [2.24, 2.45) is 5.92 Å². The lowest BCUT2D eigenvalue weighted by molar-refractivity contribution is 0.172. The molecule has 0 aromatic carbocycles. The zero-order valence-corrected chi connectivity index (χ0v) is 11.1. The number of aromatic nitrogens is 2. The van der Waals surface area contributed by atoms with Crippen molar-refractivity contribution in [1.29, 1.82) is 0 Å². The SMILES string of the molecule is CCC(C)Cn1nc(C)c(C(O)CC)c1C. The minimum atomic E-state index is -0.370. The minimum absolute atomic E-state index is 0.370. The molecule has 92 valence electrons. The quantitative estimate of drug-likeness (QED) is 0.835. The Morgan fingerprint density at radius 2 is 1.88 bits per heavy atom. The Morgan fingerprint density at radius 3 is 2.38 bits per heavy atom. The van der Waals surface area contributed by atoms with Crippen molar-refractivity contribution in [2.45, 2.75) is 60.1 Å². The fourth-order valence-corrected chi connectivity index (χ4v) is 2.00. The fourth-order valence-electron chi connectivity index (χ4n) is 2.00. The first-order valence-electron chi connectivity index (χ1n) is 6.23. The van der Waals surface area contributed by atoms with Crippen molar-refractivity contribution < 1.29 is 5.11 Å². The molecule has 0 saturated carbocycles. The molecule has 1 heterocycles. The van der Waals surface area contributed by atoms with Crippen LogP contribution in [0.2, 0.25) is 0 Å². The third-order valence-corrected chi connectivity index (χ3v) is 3.34. The lowest BCUT2D eigenvalue weighted by Crippen LogP contribution is -2.10. The van der Waals surface area contributed by atoms with E-state index in [-0.39, 0.29) is 6.10 Å². The maximum atomic E-state index is 9.94. The number of rotatable bonds is 5. The Bertz CT molecular complexity index is 344. The van der Waals surface area contributed by atoms with Crippen LogP contribution in [-0.4, -0.2) is 14.9 Å². The zero-order valence-electron chi connectivity index (χ0n) is 11.1. The van der Waals surface area contributed by atoms with E-state index in [1.807, 2.05) is 18.5 Å². The van der Waals surface area contributed by atoms with Gasteiger partial charge in [-0.2, -0.15) is 5.10 Å². The third-order valence-electron chi connectivity index (χ3n) is 3.34. The molecule has 0 aliphatic carbocycles. The van der Waals surface area contributed by atoms with Crippen molar-refractivity contribution >= 4 is 0 Å². The highest BCUT2D eigenvalue weighted by Gasteiger charge is 2.18. The molecule has 0 fully saturated rings. The summed E-state index contributed by atoms with van der Waals surface area (Å²) in [6.45, 7) is 11.4. The number of hydrogen-bond acceptors (Lipinski definition) is 2. The van der Waals surface area contributed by atoms with Gasteiger partial charge in [0.25, 0.3) is 0 Å². The summed E-state index contributed by atoms with van der Waals surface area (Å²) in [5.74, 6) is 0.629. The van der Waals surface area contributed by atoms with Crippen molar-refractivity contribution in [1.82, 2.24) is 9.78 Å². The highest BCUT2D eigenvalue weighted by Crippen LogP contribution is 2.24. The van der Waals surface area contributed by atoms with E-state index in [4.69, 9.17) is 0 Å². The van der Waals surface area contributed by atoms with Crippen LogP contribution in [0.4, 0.5) is 0 Å². The summed E-state index contributed by atoms with van der Waals surface area (Å²) in [4.78, 5) is 0. The third kappa shape index (κ3) is 2.64. The van der Waals surface area contributed by atoms with Crippen LogP contribution in [0.15, 0.2) is 0 Å². The van der Waals surface area contributed by atoms with Gasteiger partial charge < -0.3 is 5.11 Å². The Hall–Kier alpha value is -0.830. The average Bonchev–Trinajstić information content (AvgIpc) is 2.53. The molecule has 0 amide bonds. The van der Waals surface area contributed by atoms with Gasteiger partial charge >= 0.3 is 0 Å². The van der Waals surface area contributed by atoms with Crippen LogP contribution in [0.5, 0.6) is 0 Å². The molecule has 0 radical (unpaired) electrons. The predicted molar refractivity (Wildman–Crippen MR) is 66.4 cm³/mol. The van der Waals surface area contributed by atoms with E-state index in [1.165, 1.54) is 0 Å². The van der Waals surface area contributed by atoms with E-state index in [0.717, 1.165) is 36.3 Å². The number of hydrogen-bond donors (Lipinski definition) is 1. The van der Waals surface area contributed by atoms with Gasteiger partial charge in [-0.3, -0.25) is 4.68 Å². The number of nitrogens with zero attached hydrogens (tertiary/aromatic N) is 2. The smallest absolute Gasteiger partial charge is 0.0823 e. The molecular weight excluding hydrogens is 200 g/mol. The molecule has 0 saturated heterocycles. The largest absolute Gasteiger partial charge is 0.388 e. The average molecular weight is 224 g/mol. The molecule has 0 bridgehead atoms. The van der Waals surface area contributed by atoms with Gasteiger partial charge in [-0.25, -0.2) is 0 Å². The summed E-state index contributed by atoms with van der Waals surface area (Å²) in [7, 11) is 0. The molecule has 2 unspecified atom stereocenters.